The second-order valence-corrected chi connectivity index (χ2v) is 8.89. The van der Waals surface area contributed by atoms with Crippen molar-refractivity contribution in [3.05, 3.63) is 93.7 Å². The minimum atomic E-state index is -0.951. The van der Waals surface area contributed by atoms with E-state index >= 15 is 0 Å². The van der Waals surface area contributed by atoms with Crippen molar-refractivity contribution in [3.8, 4) is 11.1 Å². The lowest BCUT2D eigenvalue weighted by atomic mass is 9.98. The molecule has 1 aliphatic rings. The van der Waals surface area contributed by atoms with Crippen molar-refractivity contribution in [1.82, 2.24) is 5.32 Å². The molecule has 1 unspecified atom stereocenters. The van der Waals surface area contributed by atoms with Gasteiger partial charge in [0, 0.05) is 22.9 Å². The van der Waals surface area contributed by atoms with Crippen LogP contribution in [0.15, 0.2) is 71.2 Å². The highest BCUT2D eigenvalue weighted by Crippen LogP contribution is 2.44. The monoisotopic (exact) mass is 511 g/mol. The summed E-state index contributed by atoms with van der Waals surface area (Å²) in [6, 6.07) is 20.0. The Hall–Kier alpha value is -3.19. The summed E-state index contributed by atoms with van der Waals surface area (Å²) >= 11 is 3.33. The third kappa shape index (κ3) is 5.42. The molecule has 3 aromatic carbocycles. The molecular weight excluding hydrogens is 489 g/mol. The van der Waals surface area contributed by atoms with Gasteiger partial charge in [-0.25, -0.2) is 9.18 Å². The Bertz CT molecular complexity index is 1140. The van der Waals surface area contributed by atoms with Crippen molar-refractivity contribution >= 4 is 28.0 Å². The zero-order valence-corrected chi connectivity index (χ0v) is 19.3. The number of carbonyl (C=O) groups is 2. The maximum absolute atomic E-state index is 13.4. The number of ether oxygens (including phenoxy) is 1. The molecule has 0 aliphatic heterocycles. The lowest BCUT2D eigenvalue weighted by molar-refractivity contribution is -0.137. The van der Waals surface area contributed by atoms with Crippen LogP contribution in [0.1, 0.15) is 35.4 Å². The third-order valence-electron chi connectivity index (χ3n) is 5.85. The molecule has 170 valence electrons. The van der Waals surface area contributed by atoms with E-state index in [9.17, 15) is 14.0 Å². The number of amides is 1. The van der Waals surface area contributed by atoms with E-state index in [1.807, 2.05) is 36.4 Å². The van der Waals surface area contributed by atoms with Gasteiger partial charge in [-0.05, 0) is 52.8 Å². The molecular formula is C26H23BrFNO4. The molecule has 5 nitrogen and oxygen atoms in total. The number of aliphatic carboxylic acids is 1. The Balaban J connectivity index is 1.44. The topological polar surface area (TPSA) is 75.6 Å². The van der Waals surface area contributed by atoms with E-state index in [4.69, 9.17) is 9.84 Å². The lowest BCUT2D eigenvalue weighted by Gasteiger charge is -2.20. The molecule has 1 aliphatic carbocycles. The Morgan fingerprint density at radius 3 is 2.27 bits per heavy atom. The first kappa shape index (κ1) is 23.0. The summed E-state index contributed by atoms with van der Waals surface area (Å²) in [5, 5.41) is 11.9. The largest absolute Gasteiger partial charge is 0.481 e. The van der Waals surface area contributed by atoms with Crippen molar-refractivity contribution in [2.24, 2.45) is 0 Å². The predicted octanol–water partition coefficient (Wildman–Crippen LogP) is 5.90. The molecule has 0 saturated carbocycles. The van der Waals surface area contributed by atoms with E-state index in [1.165, 1.54) is 12.1 Å². The lowest BCUT2D eigenvalue weighted by Crippen LogP contribution is -2.38. The number of rotatable bonds is 8. The zero-order valence-electron chi connectivity index (χ0n) is 17.8. The van der Waals surface area contributed by atoms with Gasteiger partial charge in [0.2, 0.25) is 0 Å². The number of halogens is 2. The summed E-state index contributed by atoms with van der Waals surface area (Å²) in [6.45, 7) is 0.172. The molecule has 0 radical (unpaired) electrons. The zero-order chi connectivity index (χ0) is 23.4. The summed E-state index contributed by atoms with van der Waals surface area (Å²) in [6.07, 6.45) is -0.139. The molecule has 0 bridgehead atoms. The second kappa shape index (κ2) is 10.2. The quantitative estimate of drug-likeness (QED) is 0.394. The number of alkyl carbamates (subject to hydrolysis) is 1. The molecule has 0 heterocycles. The Labute approximate surface area is 199 Å². The molecule has 1 atom stereocenters. The molecule has 0 aromatic heterocycles. The maximum atomic E-state index is 13.4. The van der Waals surface area contributed by atoms with Crippen LogP contribution in [0, 0.1) is 5.82 Å². The van der Waals surface area contributed by atoms with Gasteiger partial charge in [-0.3, -0.25) is 4.79 Å². The van der Waals surface area contributed by atoms with Gasteiger partial charge in [-0.2, -0.15) is 0 Å². The fourth-order valence-corrected chi connectivity index (χ4v) is 4.80. The van der Waals surface area contributed by atoms with Gasteiger partial charge in [-0.1, -0.05) is 70.5 Å². The fourth-order valence-electron chi connectivity index (χ4n) is 4.28. The van der Waals surface area contributed by atoms with Crippen LogP contribution in [0.3, 0.4) is 0 Å². The van der Waals surface area contributed by atoms with Crippen molar-refractivity contribution in [2.45, 2.75) is 31.2 Å². The van der Waals surface area contributed by atoms with E-state index in [2.05, 4.69) is 33.4 Å². The number of fused-ring (bicyclic) bond motifs is 3. The highest BCUT2D eigenvalue weighted by Gasteiger charge is 2.29. The number of hydrogen-bond acceptors (Lipinski definition) is 3. The standard InChI is InChI=1S/C26H23BrFNO4/c27-24-14-17(28)10-9-16(24)13-18(11-12-25(30)31)29-26(32)33-15-23-21-7-3-1-5-19(21)20-6-2-4-8-22(20)23/h1-10,14,18,23H,11-13,15H2,(H,29,32)(H,30,31). The summed E-state index contributed by atoms with van der Waals surface area (Å²) < 4.78 is 19.6. The molecule has 7 heteroatoms. The van der Waals surface area contributed by atoms with E-state index < -0.39 is 18.1 Å². The Morgan fingerprint density at radius 2 is 1.67 bits per heavy atom. The average Bonchev–Trinajstić information content (AvgIpc) is 3.11. The minimum absolute atomic E-state index is 0.0631. The summed E-state index contributed by atoms with van der Waals surface area (Å²) in [5.41, 5.74) is 5.28. The van der Waals surface area contributed by atoms with Crippen molar-refractivity contribution in [1.29, 1.82) is 0 Å². The number of carboxylic acids is 1. The first-order valence-corrected chi connectivity index (χ1v) is 11.5. The summed E-state index contributed by atoms with van der Waals surface area (Å²) in [4.78, 5) is 23.7. The van der Waals surface area contributed by atoms with Crippen LogP contribution in [0.25, 0.3) is 11.1 Å². The highest BCUT2D eigenvalue weighted by molar-refractivity contribution is 9.10. The van der Waals surface area contributed by atoms with Gasteiger partial charge in [-0.15, -0.1) is 0 Å². The summed E-state index contributed by atoms with van der Waals surface area (Å²) in [7, 11) is 0. The molecule has 0 saturated heterocycles. The Kier molecular flexibility index (Phi) is 7.08. The van der Waals surface area contributed by atoms with Crippen LogP contribution in [0.4, 0.5) is 9.18 Å². The molecule has 1 amide bonds. The number of benzene rings is 3. The smallest absolute Gasteiger partial charge is 0.407 e. The van der Waals surface area contributed by atoms with E-state index in [0.29, 0.717) is 10.9 Å². The first-order chi connectivity index (χ1) is 15.9. The van der Waals surface area contributed by atoms with Crippen LogP contribution < -0.4 is 5.32 Å². The van der Waals surface area contributed by atoms with Crippen LogP contribution in [0.2, 0.25) is 0 Å². The molecule has 0 spiro atoms. The third-order valence-corrected chi connectivity index (χ3v) is 6.59. The minimum Gasteiger partial charge on any atom is -0.481 e. The van der Waals surface area contributed by atoms with Crippen LogP contribution in [0.5, 0.6) is 0 Å². The van der Waals surface area contributed by atoms with E-state index in [1.54, 1.807) is 6.07 Å². The van der Waals surface area contributed by atoms with Crippen molar-refractivity contribution in [2.75, 3.05) is 6.61 Å². The van der Waals surface area contributed by atoms with Gasteiger partial charge in [0.15, 0.2) is 0 Å². The number of hydrogen-bond donors (Lipinski definition) is 2. The van der Waals surface area contributed by atoms with Gasteiger partial charge in [0.05, 0.1) is 0 Å². The Morgan fingerprint density at radius 1 is 1.03 bits per heavy atom. The molecule has 3 aromatic rings. The fraction of sp³-hybridized carbons (Fsp3) is 0.231. The van der Waals surface area contributed by atoms with Gasteiger partial charge in [0.25, 0.3) is 0 Å². The number of nitrogens with one attached hydrogen (secondary N) is 1. The van der Waals surface area contributed by atoms with E-state index in [0.717, 1.165) is 27.8 Å². The number of carbonyl (C=O) groups excluding carboxylic acids is 1. The summed E-state index contributed by atoms with van der Waals surface area (Å²) in [5.74, 6) is -1.39. The SMILES string of the molecule is O=C(O)CCC(Cc1ccc(F)cc1Br)NC(=O)OCC1c2ccccc2-c2ccccc21. The highest BCUT2D eigenvalue weighted by atomic mass is 79.9. The van der Waals surface area contributed by atoms with E-state index in [-0.39, 0.29) is 31.2 Å². The first-order valence-electron chi connectivity index (χ1n) is 10.7. The predicted molar refractivity (Wildman–Crippen MR) is 127 cm³/mol. The average molecular weight is 512 g/mol. The normalized spacial score (nSPS) is 13.2. The number of carboxylic acid groups (broad SMARTS) is 1. The molecule has 0 fully saturated rings. The van der Waals surface area contributed by atoms with Crippen LogP contribution in [-0.4, -0.2) is 29.8 Å². The molecule has 4 rings (SSSR count). The van der Waals surface area contributed by atoms with Crippen LogP contribution >= 0.6 is 15.9 Å². The van der Waals surface area contributed by atoms with Gasteiger partial charge >= 0.3 is 12.1 Å². The van der Waals surface area contributed by atoms with Crippen molar-refractivity contribution in [3.63, 3.8) is 0 Å². The second-order valence-electron chi connectivity index (χ2n) is 8.04. The van der Waals surface area contributed by atoms with Gasteiger partial charge in [0.1, 0.15) is 12.4 Å². The van der Waals surface area contributed by atoms with Crippen LogP contribution in [-0.2, 0) is 16.0 Å². The molecule has 2 N–H and O–H groups in total. The molecule has 33 heavy (non-hydrogen) atoms. The van der Waals surface area contributed by atoms with Crippen molar-refractivity contribution < 1.29 is 23.8 Å². The van der Waals surface area contributed by atoms with Gasteiger partial charge < -0.3 is 15.2 Å². The maximum Gasteiger partial charge on any atom is 0.407 e.